The van der Waals surface area contributed by atoms with E-state index in [1.807, 2.05) is 30.3 Å². The second-order valence-electron chi connectivity index (χ2n) is 3.96. The van der Waals surface area contributed by atoms with Crippen LogP contribution in [0.1, 0.15) is 0 Å². The van der Waals surface area contributed by atoms with E-state index >= 15 is 0 Å². The summed E-state index contributed by atoms with van der Waals surface area (Å²) in [4.78, 5) is 0. The predicted octanol–water partition coefficient (Wildman–Crippen LogP) is 4.17. The first-order chi connectivity index (χ1) is 8.16. The minimum Gasteiger partial charge on any atom is -0.507 e. The first kappa shape index (κ1) is 10.4. The summed E-state index contributed by atoms with van der Waals surface area (Å²) in [6.07, 6.45) is 0. The highest BCUT2D eigenvalue weighted by Gasteiger charge is 2.07. The number of hydrogen-bond donors (Lipinski definition) is 2. The number of halogens is 1. The van der Waals surface area contributed by atoms with Crippen molar-refractivity contribution in [2.24, 2.45) is 0 Å². The number of rotatable bonds is 0. The molecule has 3 aromatic carbocycles. The molecule has 0 saturated carbocycles. The molecule has 0 aromatic heterocycles. The van der Waals surface area contributed by atoms with E-state index in [1.165, 1.54) is 12.1 Å². The molecule has 0 amide bonds. The fourth-order valence-corrected chi connectivity index (χ4v) is 2.54. The van der Waals surface area contributed by atoms with E-state index in [2.05, 4.69) is 15.9 Å². The van der Waals surface area contributed by atoms with Crippen LogP contribution in [0.4, 0.5) is 0 Å². The van der Waals surface area contributed by atoms with Gasteiger partial charge in [-0.2, -0.15) is 0 Å². The number of fused-ring (bicyclic) bond motifs is 2. The predicted molar refractivity (Wildman–Crippen MR) is 72.5 cm³/mol. The lowest BCUT2D eigenvalue weighted by Crippen LogP contribution is -1.79. The molecule has 2 nitrogen and oxygen atoms in total. The normalized spacial score (nSPS) is 11.1. The lowest BCUT2D eigenvalue weighted by atomic mass is 10.0. The van der Waals surface area contributed by atoms with E-state index in [0.717, 1.165) is 15.2 Å². The van der Waals surface area contributed by atoms with Crippen molar-refractivity contribution in [2.75, 3.05) is 0 Å². The maximum absolute atomic E-state index is 9.82. The molecule has 0 aliphatic carbocycles. The van der Waals surface area contributed by atoms with Gasteiger partial charge in [0.15, 0.2) is 0 Å². The largest absolute Gasteiger partial charge is 0.507 e. The first-order valence-corrected chi connectivity index (χ1v) is 5.99. The molecule has 0 aliphatic rings. The van der Waals surface area contributed by atoms with E-state index in [1.54, 1.807) is 0 Å². The SMILES string of the molecule is Oc1ccc(O)c2cc3c(Br)cccc3cc12. The molecular weight excluding hydrogens is 280 g/mol. The van der Waals surface area contributed by atoms with Crippen molar-refractivity contribution < 1.29 is 10.2 Å². The second kappa shape index (κ2) is 3.64. The molecule has 0 aliphatic heterocycles. The Hall–Kier alpha value is -1.74. The number of benzene rings is 3. The molecule has 2 N–H and O–H groups in total. The Balaban J connectivity index is 2.57. The summed E-state index contributed by atoms with van der Waals surface area (Å²) in [5.74, 6) is 0.357. The van der Waals surface area contributed by atoms with Crippen molar-refractivity contribution >= 4 is 37.5 Å². The van der Waals surface area contributed by atoms with Crippen molar-refractivity contribution in [1.29, 1.82) is 0 Å². The number of phenols is 2. The van der Waals surface area contributed by atoms with Gasteiger partial charge in [0.25, 0.3) is 0 Å². The topological polar surface area (TPSA) is 40.5 Å². The lowest BCUT2D eigenvalue weighted by Gasteiger charge is -2.07. The number of phenolic OH excluding ortho intramolecular Hbond substituents is 2. The summed E-state index contributed by atoms with van der Waals surface area (Å²) < 4.78 is 0.972. The Bertz CT molecular complexity index is 735. The molecule has 0 spiro atoms. The summed E-state index contributed by atoms with van der Waals surface area (Å²) in [5, 5.41) is 23.0. The smallest absolute Gasteiger partial charge is 0.123 e. The highest BCUT2D eigenvalue weighted by Crippen LogP contribution is 2.36. The first-order valence-electron chi connectivity index (χ1n) is 5.20. The van der Waals surface area contributed by atoms with Crippen LogP contribution in [-0.4, -0.2) is 10.2 Å². The van der Waals surface area contributed by atoms with Gasteiger partial charge < -0.3 is 10.2 Å². The minimum atomic E-state index is 0.176. The fraction of sp³-hybridized carbons (Fsp3) is 0. The zero-order valence-electron chi connectivity index (χ0n) is 8.81. The van der Waals surface area contributed by atoms with Crippen LogP contribution in [0, 0.1) is 0 Å². The molecule has 0 atom stereocenters. The maximum atomic E-state index is 9.82. The molecule has 3 aromatic rings. The van der Waals surface area contributed by atoms with E-state index < -0.39 is 0 Å². The van der Waals surface area contributed by atoms with Gasteiger partial charge in [-0.05, 0) is 41.1 Å². The van der Waals surface area contributed by atoms with Gasteiger partial charge in [0.05, 0.1) is 0 Å². The monoisotopic (exact) mass is 288 g/mol. The van der Waals surface area contributed by atoms with Crippen molar-refractivity contribution in [3.63, 3.8) is 0 Å². The van der Waals surface area contributed by atoms with Crippen LogP contribution < -0.4 is 0 Å². The van der Waals surface area contributed by atoms with Crippen LogP contribution in [-0.2, 0) is 0 Å². The summed E-state index contributed by atoms with van der Waals surface area (Å²) in [7, 11) is 0. The van der Waals surface area contributed by atoms with Gasteiger partial charge in [-0.3, -0.25) is 0 Å². The van der Waals surface area contributed by atoms with E-state index in [9.17, 15) is 10.2 Å². The van der Waals surface area contributed by atoms with Crippen molar-refractivity contribution in [2.45, 2.75) is 0 Å². The summed E-state index contributed by atoms with van der Waals surface area (Å²) in [6, 6.07) is 12.6. The summed E-state index contributed by atoms with van der Waals surface area (Å²) in [6.45, 7) is 0. The van der Waals surface area contributed by atoms with E-state index in [0.29, 0.717) is 10.8 Å². The van der Waals surface area contributed by atoms with Gasteiger partial charge in [0.1, 0.15) is 11.5 Å². The molecule has 3 heteroatoms. The van der Waals surface area contributed by atoms with Gasteiger partial charge in [-0.1, -0.05) is 28.1 Å². The van der Waals surface area contributed by atoms with Gasteiger partial charge in [0, 0.05) is 15.2 Å². The third-order valence-corrected chi connectivity index (χ3v) is 3.61. The maximum Gasteiger partial charge on any atom is 0.123 e. The van der Waals surface area contributed by atoms with Crippen LogP contribution in [0.15, 0.2) is 46.9 Å². The third kappa shape index (κ3) is 1.54. The standard InChI is InChI=1S/C14H9BrO2/c15-12-3-1-2-8-6-10-11(7-9(8)12)14(17)5-4-13(10)16/h1-7,16-17H. The van der Waals surface area contributed by atoms with E-state index in [4.69, 9.17) is 0 Å². The van der Waals surface area contributed by atoms with Gasteiger partial charge in [-0.25, -0.2) is 0 Å². The Kier molecular flexibility index (Phi) is 2.23. The van der Waals surface area contributed by atoms with Crippen molar-refractivity contribution in [3.8, 4) is 11.5 Å². The molecule has 0 fully saturated rings. The van der Waals surface area contributed by atoms with Crippen LogP contribution in [0.25, 0.3) is 21.5 Å². The molecule has 0 bridgehead atoms. The van der Waals surface area contributed by atoms with Crippen molar-refractivity contribution in [3.05, 3.63) is 46.9 Å². The Morgan fingerprint density at radius 1 is 0.765 bits per heavy atom. The quantitative estimate of drug-likeness (QED) is 0.482. The molecule has 0 radical (unpaired) electrons. The average Bonchev–Trinajstić information content (AvgIpc) is 2.33. The van der Waals surface area contributed by atoms with Gasteiger partial charge >= 0.3 is 0 Å². The van der Waals surface area contributed by atoms with Gasteiger partial charge in [0.2, 0.25) is 0 Å². The second-order valence-corrected chi connectivity index (χ2v) is 4.82. The molecule has 3 rings (SSSR count). The van der Waals surface area contributed by atoms with Crippen LogP contribution in [0.3, 0.4) is 0 Å². The minimum absolute atomic E-state index is 0.176. The molecule has 17 heavy (non-hydrogen) atoms. The fourth-order valence-electron chi connectivity index (χ4n) is 2.05. The van der Waals surface area contributed by atoms with Crippen LogP contribution in [0.2, 0.25) is 0 Å². The highest BCUT2D eigenvalue weighted by atomic mass is 79.9. The Labute approximate surface area is 106 Å². The molecule has 0 saturated heterocycles. The Morgan fingerprint density at radius 2 is 1.41 bits per heavy atom. The van der Waals surface area contributed by atoms with Crippen LogP contribution >= 0.6 is 15.9 Å². The molecule has 0 heterocycles. The zero-order valence-corrected chi connectivity index (χ0v) is 10.4. The molecule has 0 unspecified atom stereocenters. The van der Waals surface area contributed by atoms with Gasteiger partial charge in [-0.15, -0.1) is 0 Å². The van der Waals surface area contributed by atoms with E-state index in [-0.39, 0.29) is 11.5 Å². The summed E-state index contributed by atoms with van der Waals surface area (Å²) >= 11 is 3.48. The Morgan fingerprint density at radius 3 is 2.12 bits per heavy atom. The highest BCUT2D eigenvalue weighted by molar-refractivity contribution is 9.10. The lowest BCUT2D eigenvalue weighted by molar-refractivity contribution is 0.469. The van der Waals surface area contributed by atoms with Crippen LogP contribution in [0.5, 0.6) is 11.5 Å². The average molecular weight is 289 g/mol. The zero-order chi connectivity index (χ0) is 12.0. The summed E-state index contributed by atoms with van der Waals surface area (Å²) in [5.41, 5.74) is 0. The number of hydrogen-bond acceptors (Lipinski definition) is 2. The molecule has 84 valence electrons. The van der Waals surface area contributed by atoms with Crippen molar-refractivity contribution in [1.82, 2.24) is 0 Å². The molecular formula is C14H9BrO2. The third-order valence-electron chi connectivity index (χ3n) is 2.92. The number of aromatic hydroxyl groups is 2.